The zero-order chi connectivity index (χ0) is 43.9. The van der Waals surface area contributed by atoms with E-state index in [-0.39, 0.29) is 40.2 Å². The van der Waals surface area contributed by atoms with Gasteiger partial charge in [0.25, 0.3) is 0 Å². The summed E-state index contributed by atoms with van der Waals surface area (Å²) < 4.78 is 2.90. The summed E-state index contributed by atoms with van der Waals surface area (Å²) >= 11 is 0. The Morgan fingerprint density at radius 2 is 0.825 bits per heavy atom. The molecule has 0 amide bonds. The molecule has 63 heavy (non-hydrogen) atoms. The first-order valence-electron chi connectivity index (χ1n) is 19.5. The van der Waals surface area contributed by atoms with Crippen molar-refractivity contribution < 1.29 is 47.4 Å². The van der Waals surface area contributed by atoms with E-state index in [1.165, 1.54) is 21.8 Å². The molecular weight excluding hydrogens is 833 g/mol. The molecule has 0 radical (unpaired) electrons. The molecule has 0 aliphatic rings. The molecule has 12 nitrogen and oxygen atoms in total. The van der Waals surface area contributed by atoms with Crippen molar-refractivity contribution in [2.24, 2.45) is 9.98 Å². The summed E-state index contributed by atoms with van der Waals surface area (Å²) in [5.74, 6) is -2.24. The van der Waals surface area contributed by atoms with Crippen LogP contribution in [0.15, 0.2) is 156 Å². The van der Waals surface area contributed by atoms with Gasteiger partial charge in [-0.3, -0.25) is 9.98 Å². The monoisotopic (exact) mass is 874 g/mol. The third kappa shape index (κ3) is 9.87. The van der Waals surface area contributed by atoms with Gasteiger partial charge in [-0.2, -0.15) is 10.2 Å². The minimum Gasteiger partial charge on any atom is -0.493 e. The molecule has 2 heterocycles. The number of aromatic hydroxyl groups is 2. The molecule has 0 bridgehead atoms. The van der Waals surface area contributed by atoms with E-state index in [0.29, 0.717) is 56.4 Å². The van der Waals surface area contributed by atoms with Crippen LogP contribution in [0.5, 0.6) is 11.8 Å². The number of aliphatic imine (C=N–C) groups is 2. The van der Waals surface area contributed by atoms with Gasteiger partial charge in [-0.25, -0.2) is 19.0 Å². The maximum atomic E-state index is 11.8. The first-order chi connectivity index (χ1) is 29.9. The molecule has 0 saturated carbocycles. The fourth-order valence-electron chi connectivity index (χ4n) is 7.12. The van der Waals surface area contributed by atoms with Crippen LogP contribution in [-0.4, -0.2) is 64.4 Å². The number of rotatable bonds is 10. The van der Waals surface area contributed by atoms with Gasteiger partial charge in [-0.05, 0) is 86.3 Å². The Morgan fingerprint density at radius 1 is 0.508 bits per heavy atom. The number of hydrogen-bond acceptors (Lipinski definition) is 8. The van der Waals surface area contributed by atoms with Gasteiger partial charge < -0.3 is 20.4 Å². The van der Waals surface area contributed by atoms with Crippen LogP contribution in [0.3, 0.4) is 0 Å². The molecule has 0 aliphatic carbocycles. The summed E-state index contributed by atoms with van der Waals surface area (Å²) in [6.45, 7) is 7.27. The second kappa shape index (κ2) is 19.7. The van der Waals surface area contributed by atoms with E-state index in [1.807, 2.05) is 147 Å². The Hall–Kier alpha value is -7.85. The standard InChI is InChI=1S/2C25H21N3O3.Cr/c2*1-16-13-17(2)22(25(30)31)21(14-16)26-15-20-23(18-9-5-3-6-10-18)27-28(24(20)29)19-11-7-4-8-12-19;/h2*3-15,29H,1-2H3,(H,30,31);. The minimum absolute atomic E-state index is 0. The number of hydrogen-bond donors (Lipinski definition) is 4. The Kier molecular flexibility index (Phi) is 14.0. The van der Waals surface area contributed by atoms with Crippen molar-refractivity contribution in [1.82, 2.24) is 19.6 Å². The molecule has 0 saturated heterocycles. The van der Waals surface area contributed by atoms with Gasteiger partial charge in [-0.1, -0.05) is 109 Å². The van der Waals surface area contributed by atoms with E-state index in [9.17, 15) is 30.0 Å². The SMILES string of the molecule is Cc1cc(C)c(C(=O)O)c(N=Cc2c(-c3ccccc3)nn(-c3ccccc3)c2O)c1.Cc1cc(C)c(C(=O)O)c(N=Cc2c(-c3ccccc3)nn(-c3ccccc3)c2O)c1.[Cr]. The summed E-state index contributed by atoms with van der Waals surface area (Å²) in [7, 11) is 0. The third-order valence-electron chi connectivity index (χ3n) is 9.90. The Labute approximate surface area is 374 Å². The minimum atomic E-state index is -1.04. The van der Waals surface area contributed by atoms with Crippen LogP contribution in [0.2, 0.25) is 0 Å². The maximum absolute atomic E-state index is 11.8. The van der Waals surface area contributed by atoms with Gasteiger partial charge in [-0.15, -0.1) is 0 Å². The molecule has 0 aliphatic heterocycles. The number of carboxylic acids is 2. The Morgan fingerprint density at radius 3 is 1.14 bits per heavy atom. The number of nitrogens with zero attached hydrogens (tertiary/aromatic N) is 6. The normalized spacial score (nSPS) is 11.0. The van der Waals surface area contributed by atoms with Gasteiger partial charge in [0.15, 0.2) is 0 Å². The van der Waals surface area contributed by atoms with Crippen molar-refractivity contribution in [1.29, 1.82) is 0 Å². The molecule has 2 aromatic heterocycles. The molecule has 314 valence electrons. The van der Waals surface area contributed by atoms with Crippen LogP contribution in [-0.2, 0) is 17.4 Å². The Balaban J connectivity index is 0.000000206. The van der Waals surface area contributed by atoms with Crippen molar-refractivity contribution in [2.75, 3.05) is 0 Å². The van der Waals surface area contributed by atoms with E-state index in [2.05, 4.69) is 20.2 Å². The van der Waals surface area contributed by atoms with Crippen molar-refractivity contribution in [3.05, 3.63) is 190 Å². The molecule has 0 fully saturated rings. The summed E-state index contributed by atoms with van der Waals surface area (Å²) in [5, 5.41) is 50.5. The molecule has 13 heteroatoms. The second-order valence-corrected chi connectivity index (χ2v) is 14.5. The summed E-state index contributed by atoms with van der Waals surface area (Å²) in [6.07, 6.45) is 2.95. The van der Waals surface area contributed by atoms with Crippen molar-refractivity contribution >= 4 is 35.7 Å². The van der Waals surface area contributed by atoms with E-state index >= 15 is 0 Å². The summed E-state index contributed by atoms with van der Waals surface area (Å²) in [6, 6.07) is 44.6. The van der Waals surface area contributed by atoms with Crippen molar-refractivity contribution in [3.8, 4) is 45.6 Å². The van der Waals surface area contributed by atoms with E-state index in [4.69, 9.17) is 0 Å². The molecule has 6 aromatic carbocycles. The number of carboxylic acid groups (broad SMARTS) is 2. The predicted molar refractivity (Wildman–Crippen MR) is 242 cm³/mol. The second-order valence-electron chi connectivity index (χ2n) is 14.5. The van der Waals surface area contributed by atoms with E-state index in [0.717, 1.165) is 22.3 Å². The maximum Gasteiger partial charge on any atom is 0.338 e. The van der Waals surface area contributed by atoms with Gasteiger partial charge in [0.1, 0.15) is 11.4 Å². The van der Waals surface area contributed by atoms with E-state index < -0.39 is 11.9 Å². The smallest absolute Gasteiger partial charge is 0.338 e. The Bertz CT molecular complexity index is 2760. The first kappa shape index (κ1) is 44.7. The number of carbonyl (C=O) groups is 2. The van der Waals surface area contributed by atoms with Crippen LogP contribution >= 0.6 is 0 Å². The number of para-hydroxylation sites is 2. The number of aromatic nitrogens is 4. The zero-order valence-electron chi connectivity index (χ0n) is 34.7. The van der Waals surface area contributed by atoms with Gasteiger partial charge in [0.05, 0.1) is 45.0 Å². The zero-order valence-corrected chi connectivity index (χ0v) is 36.0. The third-order valence-corrected chi connectivity index (χ3v) is 9.90. The largest absolute Gasteiger partial charge is 0.493 e. The first-order valence-corrected chi connectivity index (χ1v) is 19.5. The number of aromatic carboxylic acids is 2. The fraction of sp³-hybridized carbons (Fsp3) is 0.0800. The molecule has 8 aromatic rings. The molecule has 4 N–H and O–H groups in total. The summed E-state index contributed by atoms with van der Waals surface area (Å²) in [4.78, 5) is 32.4. The molecule has 0 unspecified atom stereocenters. The van der Waals surface area contributed by atoms with Crippen molar-refractivity contribution in [2.45, 2.75) is 27.7 Å². The van der Waals surface area contributed by atoms with Crippen LogP contribution in [0, 0.1) is 27.7 Å². The van der Waals surface area contributed by atoms with Crippen LogP contribution in [0.25, 0.3) is 33.9 Å². The predicted octanol–water partition coefficient (Wildman–Crippen LogP) is 10.6. The average Bonchev–Trinajstić information content (AvgIpc) is 3.78. The number of benzene rings is 6. The van der Waals surface area contributed by atoms with E-state index in [1.54, 1.807) is 26.0 Å². The molecular formula is C50H42CrN6O6. The summed E-state index contributed by atoms with van der Waals surface area (Å²) in [5.41, 5.74) is 8.95. The average molecular weight is 875 g/mol. The number of aryl methyl sites for hydroxylation is 4. The van der Waals surface area contributed by atoms with Gasteiger partial charge in [0.2, 0.25) is 11.8 Å². The van der Waals surface area contributed by atoms with Gasteiger partial charge >= 0.3 is 11.9 Å². The molecule has 8 rings (SSSR count). The molecule has 0 spiro atoms. The quantitative estimate of drug-likeness (QED) is 0.0982. The molecule has 0 atom stereocenters. The van der Waals surface area contributed by atoms with Crippen LogP contribution < -0.4 is 0 Å². The topological polar surface area (TPSA) is 175 Å². The van der Waals surface area contributed by atoms with Crippen LogP contribution in [0.4, 0.5) is 11.4 Å². The van der Waals surface area contributed by atoms with Crippen molar-refractivity contribution in [3.63, 3.8) is 0 Å². The fourth-order valence-corrected chi connectivity index (χ4v) is 7.12. The van der Waals surface area contributed by atoms with Gasteiger partial charge in [0, 0.05) is 40.9 Å². The van der Waals surface area contributed by atoms with Crippen LogP contribution in [0.1, 0.15) is 54.1 Å².